The van der Waals surface area contributed by atoms with E-state index in [9.17, 15) is 5.11 Å². The number of aromatic nitrogens is 1. The van der Waals surface area contributed by atoms with E-state index in [4.69, 9.17) is 16.0 Å². The second-order valence-electron chi connectivity index (χ2n) is 4.42. The average molecular weight is 294 g/mol. The van der Waals surface area contributed by atoms with Gasteiger partial charge in [0, 0.05) is 10.4 Å². The number of thiazole rings is 1. The molecule has 1 atom stereocenters. The third-order valence-electron chi connectivity index (χ3n) is 2.95. The summed E-state index contributed by atoms with van der Waals surface area (Å²) in [5.41, 5.74) is 1.56. The number of nitrogens with zero attached hydrogens (tertiary/aromatic N) is 1. The number of fused-ring (bicyclic) bond motifs is 1. The first-order valence-electron chi connectivity index (χ1n) is 5.85. The van der Waals surface area contributed by atoms with Gasteiger partial charge in [0.15, 0.2) is 0 Å². The largest absolute Gasteiger partial charge is 0.458 e. The molecule has 0 bridgehead atoms. The summed E-state index contributed by atoms with van der Waals surface area (Å²) in [6.07, 6.45) is -0.780. The van der Waals surface area contributed by atoms with Gasteiger partial charge in [-0.3, -0.25) is 0 Å². The molecule has 2 heterocycles. The van der Waals surface area contributed by atoms with Crippen LogP contribution in [0.25, 0.3) is 11.0 Å². The molecule has 0 aliphatic rings. The molecule has 0 amide bonds. The van der Waals surface area contributed by atoms with Crippen molar-refractivity contribution < 1.29 is 9.52 Å². The maximum Gasteiger partial charge on any atom is 0.148 e. The Kier molecular flexibility index (Phi) is 3.09. The number of aliphatic hydroxyl groups excluding tert-OH is 1. The molecule has 3 nitrogen and oxygen atoms in total. The molecule has 2 aromatic heterocycles. The van der Waals surface area contributed by atoms with Gasteiger partial charge >= 0.3 is 0 Å². The van der Waals surface area contributed by atoms with E-state index in [-0.39, 0.29) is 0 Å². The van der Waals surface area contributed by atoms with E-state index in [1.165, 1.54) is 11.3 Å². The first-order chi connectivity index (χ1) is 9.04. The van der Waals surface area contributed by atoms with Crippen molar-refractivity contribution in [3.05, 3.63) is 50.6 Å². The Bertz CT molecular complexity index is 747. The number of aryl methyl sites for hydroxylation is 2. The minimum atomic E-state index is -0.780. The predicted octanol–water partition coefficient (Wildman–Crippen LogP) is 4.24. The van der Waals surface area contributed by atoms with Crippen molar-refractivity contribution >= 4 is 33.9 Å². The smallest absolute Gasteiger partial charge is 0.148 e. The van der Waals surface area contributed by atoms with Gasteiger partial charge in [0.1, 0.15) is 17.4 Å². The molecule has 0 aliphatic carbocycles. The summed E-state index contributed by atoms with van der Waals surface area (Å²) in [6, 6.07) is 7.21. The Labute approximate surface area is 119 Å². The van der Waals surface area contributed by atoms with Crippen molar-refractivity contribution in [3.63, 3.8) is 0 Å². The van der Waals surface area contributed by atoms with Crippen molar-refractivity contribution in [2.24, 2.45) is 0 Å². The van der Waals surface area contributed by atoms with Crippen LogP contribution in [-0.2, 0) is 0 Å². The van der Waals surface area contributed by atoms with Crippen LogP contribution in [0.5, 0.6) is 0 Å². The Morgan fingerprint density at radius 3 is 2.79 bits per heavy atom. The number of hydrogen-bond donors (Lipinski definition) is 1. The molecule has 1 unspecified atom stereocenters. The van der Waals surface area contributed by atoms with E-state index in [1.54, 1.807) is 12.1 Å². The van der Waals surface area contributed by atoms with Crippen LogP contribution in [0.4, 0.5) is 0 Å². The summed E-state index contributed by atoms with van der Waals surface area (Å²) >= 11 is 7.42. The van der Waals surface area contributed by atoms with Gasteiger partial charge in [-0.2, -0.15) is 0 Å². The van der Waals surface area contributed by atoms with Crippen LogP contribution in [0.1, 0.15) is 27.4 Å². The molecule has 0 saturated heterocycles. The van der Waals surface area contributed by atoms with E-state index in [1.807, 2.05) is 26.0 Å². The van der Waals surface area contributed by atoms with Crippen LogP contribution in [-0.4, -0.2) is 10.1 Å². The molecule has 19 heavy (non-hydrogen) atoms. The number of hydrogen-bond acceptors (Lipinski definition) is 4. The standard InChI is InChI=1S/C14H12ClNO2S/c1-7-14(19-8(2)16-7)13(17)12-6-9-5-10(15)3-4-11(9)18-12/h3-6,13,17H,1-2H3. The lowest BCUT2D eigenvalue weighted by Crippen LogP contribution is -1.97. The maximum absolute atomic E-state index is 10.4. The fourth-order valence-corrected chi connectivity index (χ4v) is 3.20. The monoisotopic (exact) mass is 293 g/mol. The Hall–Kier alpha value is -1.36. The van der Waals surface area contributed by atoms with E-state index in [0.29, 0.717) is 10.8 Å². The molecule has 0 saturated carbocycles. The van der Waals surface area contributed by atoms with Crippen LogP contribution in [0.2, 0.25) is 5.02 Å². The van der Waals surface area contributed by atoms with Gasteiger partial charge in [-0.1, -0.05) is 11.6 Å². The van der Waals surface area contributed by atoms with E-state index < -0.39 is 6.10 Å². The van der Waals surface area contributed by atoms with Gasteiger partial charge in [0.2, 0.25) is 0 Å². The molecule has 5 heteroatoms. The third-order valence-corrected chi connectivity index (χ3v) is 4.32. The Morgan fingerprint density at radius 1 is 1.32 bits per heavy atom. The second kappa shape index (κ2) is 4.63. The van der Waals surface area contributed by atoms with Gasteiger partial charge < -0.3 is 9.52 Å². The fourth-order valence-electron chi connectivity index (χ4n) is 2.10. The van der Waals surface area contributed by atoms with Crippen molar-refractivity contribution in [1.29, 1.82) is 0 Å². The summed E-state index contributed by atoms with van der Waals surface area (Å²) < 4.78 is 5.67. The highest BCUT2D eigenvalue weighted by atomic mass is 35.5. The zero-order valence-corrected chi connectivity index (χ0v) is 12.0. The van der Waals surface area contributed by atoms with Crippen molar-refractivity contribution in [1.82, 2.24) is 4.98 Å². The number of halogens is 1. The normalized spacial score (nSPS) is 13.1. The zero-order chi connectivity index (χ0) is 13.6. The fraction of sp³-hybridized carbons (Fsp3) is 0.214. The van der Waals surface area contributed by atoms with Crippen LogP contribution in [0, 0.1) is 13.8 Å². The van der Waals surface area contributed by atoms with Crippen LogP contribution < -0.4 is 0 Å². The van der Waals surface area contributed by atoms with Crippen LogP contribution in [0.3, 0.4) is 0 Å². The summed E-state index contributed by atoms with van der Waals surface area (Å²) in [5.74, 6) is 0.518. The first kappa shape index (κ1) is 12.7. The molecule has 3 aromatic rings. The number of benzene rings is 1. The minimum Gasteiger partial charge on any atom is -0.458 e. The summed E-state index contributed by atoms with van der Waals surface area (Å²) in [6.45, 7) is 3.81. The van der Waals surface area contributed by atoms with E-state index >= 15 is 0 Å². The lowest BCUT2D eigenvalue weighted by Gasteiger charge is -2.04. The first-order valence-corrected chi connectivity index (χ1v) is 7.05. The van der Waals surface area contributed by atoms with Gasteiger partial charge in [-0.25, -0.2) is 4.98 Å². The molecule has 3 rings (SSSR count). The van der Waals surface area contributed by atoms with Gasteiger partial charge in [-0.05, 0) is 38.1 Å². The van der Waals surface area contributed by atoms with E-state index in [2.05, 4.69) is 4.98 Å². The van der Waals surface area contributed by atoms with Gasteiger partial charge in [0.05, 0.1) is 15.6 Å². The summed E-state index contributed by atoms with van der Waals surface area (Å²) in [4.78, 5) is 5.14. The van der Waals surface area contributed by atoms with Crippen molar-refractivity contribution in [3.8, 4) is 0 Å². The van der Waals surface area contributed by atoms with E-state index in [0.717, 1.165) is 26.5 Å². The molecule has 1 aromatic carbocycles. The molecule has 0 radical (unpaired) electrons. The third kappa shape index (κ3) is 2.27. The van der Waals surface area contributed by atoms with Crippen molar-refractivity contribution in [2.75, 3.05) is 0 Å². The molecule has 1 N–H and O–H groups in total. The van der Waals surface area contributed by atoms with Gasteiger partial charge in [-0.15, -0.1) is 11.3 Å². The minimum absolute atomic E-state index is 0.518. The lowest BCUT2D eigenvalue weighted by molar-refractivity contribution is 0.195. The lowest BCUT2D eigenvalue weighted by atomic mass is 10.2. The maximum atomic E-state index is 10.4. The SMILES string of the molecule is Cc1nc(C)c(C(O)c2cc3cc(Cl)ccc3o2)s1. The second-order valence-corrected chi connectivity index (χ2v) is 6.09. The average Bonchev–Trinajstić information content (AvgIpc) is 2.91. The van der Waals surface area contributed by atoms with Gasteiger partial charge in [0.25, 0.3) is 0 Å². The molecule has 0 aliphatic heterocycles. The molecule has 0 fully saturated rings. The number of furan rings is 1. The molecular formula is C14H12ClNO2S. The summed E-state index contributed by atoms with van der Waals surface area (Å²) in [5, 5.41) is 12.9. The topological polar surface area (TPSA) is 46.3 Å². The molecule has 98 valence electrons. The highest BCUT2D eigenvalue weighted by Gasteiger charge is 2.20. The summed E-state index contributed by atoms with van der Waals surface area (Å²) in [7, 11) is 0. The van der Waals surface area contributed by atoms with Crippen LogP contribution in [0.15, 0.2) is 28.7 Å². The quantitative estimate of drug-likeness (QED) is 0.768. The Balaban J connectivity index is 2.06. The molecule has 0 spiro atoms. The van der Waals surface area contributed by atoms with Crippen molar-refractivity contribution in [2.45, 2.75) is 20.0 Å². The predicted molar refractivity (Wildman–Crippen MR) is 76.9 cm³/mol. The van der Waals surface area contributed by atoms with Crippen LogP contribution >= 0.6 is 22.9 Å². The Morgan fingerprint density at radius 2 is 2.11 bits per heavy atom. The zero-order valence-electron chi connectivity index (χ0n) is 10.5. The highest BCUT2D eigenvalue weighted by Crippen LogP contribution is 2.33. The number of aliphatic hydroxyl groups is 1. The number of rotatable bonds is 2. The highest BCUT2D eigenvalue weighted by molar-refractivity contribution is 7.11. The molecular weight excluding hydrogens is 282 g/mol.